The van der Waals surface area contributed by atoms with Crippen molar-refractivity contribution in [2.24, 2.45) is 4.99 Å². The molecule has 0 aromatic carbocycles. The molecule has 1 nitrogen and oxygen atoms in total. The zero-order valence-corrected chi connectivity index (χ0v) is 9.56. The van der Waals surface area contributed by atoms with E-state index < -0.39 is 0 Å². The van der Waals surface area contributed by atoms with Gasteiger partial charge in [-0.2, -0.15) is 0 Å². The van der Waals surface area contributed by atoms with Crippen molar-refractivity contribution in [1.82, 2.24) is 0 Å². The molecule has 78 valence electrons. The molecular weight excluding hydrogens is 190 g/mol. The lowest BCUT2D eigenvalue weighted by atomic mass is 9.92. The third kappa shape index (κ3) is 1.62. The summed E-state index contributed by atoms with van der Waals surface area (Å²) in [5.74, 6) is 0. The van der Waals surface area contributed by atoms with Gasteiger partial charge in [-0.3, -0.25) is 4.99 Å². The van der Waals surface area contributed by atoms with Gasteiger partial charge < -0.3 is 0 Å². The molecule has 0 bridgehead atoms. The summed E-state index contributed by atoms with van der Waals surface area (Å²) < 4.78 is 0. The second-order valence-corrected chi connectivity index (χ2v) is 6.33. The summed E-state index contributed by atoms with van der Waals surface area (Å²) in [4.78, 5) is 5.02. The molecule has 0 unspecified atom stereocenters. The molecular formula is C12H19NS. The first kappa shape index (κ1) is 9.26. The van der Waals surface area contributed by atoms with E-state index in [2.05, 4.69) is 11.8 Å². The maximum atomic E-state index is 5.02. The zero-order valence-electron chi connectivity index (χ0n) is 8.74. The van der Waals surface area contributed by atoms with Crippen LogP contribution in [-0.2, 0) is 0 Å². The molecule has 0 aromatic heterocycles. The van der Waals surface area contributed by atoms with Gasteiger partial charge in [0.15, 0.2) is 0 Å². The van der Waals surface area contributed by atoms with Crippen LogP contribution in [0, 0.1) is 0 Å². The quantitative estimate of drug-likeness (QED) is 0.595. The molecule has 1 heterocycles. The highest BCUT2D eigenvalue weighted by Crippen LogP contribution is 2.41. The van der Waals surface area contributed by atoms with Crippen molar-refractivity contribution in [3.8, 4) is 0 Å². The van der Waals surface area contributed by atoms with E-state index >= 15 is 0 Å². The Hall–Kier alpha value is 0.0200. The number of hydrogen-bond donors (Lipinski definition) is 0. The maximum Gasteiger partial charge on any atom is 0.0618 e. The van der Waals surface area contributed by atoms with Crippen molar-refractivity contribution in [3.63, 3.8) is 0 Å². The van der Waals surface area contributed by atoms with E-state index in [4.69, 9.17) is 4.99 Å². The van der Waals surface area contributed by atoms with E-state index in [1.807, 2.05) is 0 Å². The third-order valence-electron chi connectivity index (χ3n) is 3.86. The van der Waals surface area contributed by atoms with Crippen LogP contribution in [0.25, 0.3) is 0 Å². The number of rotatable bonds is 0. The molecule has 3 atom stereocenters. The van der Waals surface area contributed by atoms with E-state index in [9.17, 15) is 0 Å². The number of aliphatic imine (C=N–C) groups is 1. The smallest absolute Gasteiger partial charge is 0.0618 e. The highest BCUT2D eigenvalue weighted by Gasteiger charge is 2.35. The standard InChI is InChI=1S/C12H19NS/c1-3-7-11-9(5-1)13-10-6-2-4-8-12(10)14-11/h9,11-12H,1-8H2/t9-,11-,12+/m1/s1. The van der Waals surface area contributed by atoms with Gasteiger partial charge in [0.2, 0.25) is 0 Å². The van der Waals surface area contributed by atoms with Crippen LogP contribution in [0.3, 0.4) is 0 Å². The van der Waals surface area contributed by atoms with Crippen LogP contribution >= 0.6 is 11.8 Å². The minimum absolute atomic E-state index is 0.707. The van der Waals surface area contributed by atoms with Gasteiger partial charge in [-0.25, -0.2) is 0 Å². The molecule has 3 rings (SSSR count). The Kier molecular flexibility index (Phi) is 2.57. The first-order valence-electron chi connectivity index (χ1n) is 6.15. The van der Waals surface area contributed by atoms with Crippen LogP contribution < -0.4 is 0 Å². The van der Waals surface area contributed by atoms with Gasteiger partial charge >= 0.3 is 0 Å². The second kappa shape index (κ2) is 3.88. The number of fused-ring (bicyclic) bond motifs is 2. The summed E-state index contributed by atoms with van der Waals surface area (Å²) in [5.41, 5.74) is 1.57. The predicted molar refractivity (Wildman–Crippen MR) is 63.3 cm³/mol. The lowest BCUT2D eigenvalue weighted by Crippen LogP contribution is -2.38. The fourth-order valence-corrected chi connectivity index (χ4v) is 4.81. The Morgan fingerprint density at radius 3 is 2.86 bits per heavy atom. The Morgan fingerprint density at radius 2 is 1.86 bits per heavy atom. The number of nitrogens with zero attached hydrogens (tertiary/aromatic N) is 1. The molecule has 0 amide bonds. The molecule has 0 spiro atoms. The first-order chi connectivity index (χ1) is 6.93. The van der Waals surface area contributed by atoms with Crippen molar-refractivity contribution in [2.45, 2.75) is 67.9 Å². The van der Waals surface area contributed by atoms with Crippen molar-refractivity contribution < 1.29 is 0 Å². The summed E-state index contributed by atoms with van der Waals surface area (Å²) in [6.45, 7) is 0. The summed E-state index contributed by atoms with van der Waals surface area (Å²) in [7, 11) is 0. The topological polar surface area (TPSA) is 12.4 Å². The minimum atomic E-state index is 0.707. The third-order valence-corrected chi connectivity index (χ3v) is 5.60. The van der Waals surface area contributed by atoms with E-state index in [0.29, 0.717) is 6.04 Å². The van der Waals surface area contributed by atoms with Gasteiger partial charge in [0.05, 0.1) is 6.04 Å². The molecule has 0 N–H and O–H groups in total. The molecule has 3 aliphatic rings. The first-order valence-corrected chi connectivity index (χ1v) is 7.10. The predicted octanol–water partition coefficient (Wildman–Crippen LogP) is 3.43. The largest absolute Gasteiger partial charge is 0.288 e. The second-order valence-electron chi connectivity index (χ2n) is 4.88. The van der Waals surface area contributed by atoms with Crippen molar-refractivity contribution in [1.29, 1.82) is 0 Å². The van der Waals surface area contributed by atoms with Gasteiger partial charge in [-0.05, 0) is 32.1 Å². The lowest BCUT2D eigenvalue weighted by Gasteiger charge is -2.38. The molecule has 0 aromatic rings. The van der Waals surface area contributed by atoms with Crippen LogP contribution in [0.15, 0.2) is 4.99 Å². The van der Waals surface area contributed by atoms with Crippen molar-refractivity contribution >= 4 is 17.5 Å². The van der Waals surface area contributed by atoms with Gasteiger partial charge in [-0.1, -0.05) is 19.3 Å². The summed E-state index contributed by atoms with van der Waals surface area (Å²) >= 11 is 2.27. The Labute approximate surface area is 90.8 Å². The lowest BCUT2D eigenvalue weighted by molar-refractivity contribution is 0.446. The molecule has 2 aliphatic carbocycles. The van der Waals surface area contributed by atoms with Gasteiger partial charge in [0.1, 0.15) is 0 Å². The van der Waals surface area contributed by atoms with E-state index in [1.54, 1.807) is 5.71 Å². The maximum absolute atomic E-state index is 5.02. The molecule has 2 saturated carbocycles. The van der Waals surface area contributed by atoms with Crippen LogP contribution in [0.1, 0.15) is 51.4 Å². The monoisotopic (exact) mass is 209 g/mol. The van der Waals surface area contributed by atoms with Crippen LogP contribution in [0.2, 0.25) is 0 Å². The molecule has 2 fully saturated rings. The van der Waals surface area contributed by atoms with Gasteiger partial charge in [-0.15, -0.1) is 11.8 Å². The van der Waals surface area contributed by atoms with Crippen LogP contribution in [0.5, 0.6) is 0 Å². The van der Waals surface area contributed by atoms with Crippen LogP contribution in [0.4, 0.5) is 0 Å². The average molecular weight is 209 g/mol. The molecule has 1 aliphatic heterocycles. The van der Waals surface area contributed by atoms with E-state index in [0.717, 1.165) is 10.5 Å². The van der Waals surface area contributed by atoms with Gasteiger partial charge in [0, 0.05) is 16.2 Å². The number of hydrogen-bond acceptors (Lipinski definition) is 2. The van der Waals surface area contributed by atoms with E-state index in [1.165, 1.54) is 51.4 Å². The fraction of sp³-hybridized carbons (Fsp3) is 0.917. The minimum Gasteiger partial charge on any atom is -0.288 e. The molecule has 14 heavy (non-hydrogen) atoms. The fourth-order valence-electron chi connectivity index (χ4n) is 3.07. The summed E-state index contributed by atoms with van der Waals surface area (Å²) in [6, 6.07) is 0.707. The highest BCUT2D eigenvalue weighted by molar-refractivity contribution is 8.01. The Morgan fingerprint density at radius 1 is 1.00 bits per heavy atom. The summed E-state index contributed by atoms with van der Waals surface area (Å²) in [6.07, 6.45) is 11.2. The Bertz CT molecular complexity index is 249. The van der Waals surface area contributed by atoms with E-state index in [-0.39, 0.29) is 0 Å². The summed E-state index contributed by atoms with van der Waals surface area (Å²) in [5, 5.41) is 1.71. The van der Waals surface area contributed by atoms with Crippen molar-refractivity contribution in [3.05, 3.63) is 0 Å². The highest BCUT2D eigenvalue weighted by atomic mass is 32.2. The normalized spacial score (nSPS) is 42.3. The SMILES string of the molecule is C1CC[C@@H]2S[C@@H]3CCCC[C@H]3N=C2C1. The Balaban J connectivity index is 1.80. The molecule has 0 saturated heterocycles. The van der Waals surface area contributed by atoms with Crippen molar-refractivity contribution in [2.75, 3.05) is 0 Å². The molecule has 0 radical (unpaired) electrons. The zero-order chi connectivity index (χ0) is 9.38. The average Bonchev–Trinajstić information content (AvgIpc) is 2.26. The number of thioether (sulfide) groups is 1. The molecule has 2 heteroatoms. The van der Waals surface area contributed by atoms with Gasteiger partial charge in [0.25, 0.3) is 0 Å². The van der Waals surface area contributed by atoms with Crippen LogP contribution in [-0.4, -0.2) is 22.3 Å².